The second-order valence-electron chi connectivity index (χ2n) is 5.21. The van der Waals surface area contributed by atoms with Gasteiger partial charge in [-0.15, -0.1) is 0 Å². The molecule has 19 heavy (non-hydrogen) atoms. The van der Waals surface area contributed by atoms with E-state index in [0.29, 0.717) is 12.0 Å². The molecule has 1 aromatic rings. The maximum Gasteiger partial charge on any atom is 0.335 e. The van der Waals surface area contributed by atoms with Crippen LogP contribution in [0.2, 0.25) is 0 Å². The van der Waals surface area contributed by atoms with Crippen molar-refractivity contribution in [3.05, 3.63) is 47.5 Å². The number of carbonyl (C=O) groups is 1. The number of benzene rings is 1. The lowest BCUT2D eigenvalue weighted by Crippen LogP contribution is -2.31. The second kappa shape index (κ2) is 6.73. The standard InChI is InChI=1S/C15H20ClNO2/c1-11(9-10-15(2,3)17)14(18)19-13(16)12-7-5-4-6-8-12/h4-9,13H,10,17H2,1-3H3. The first-order valence-electron chi connectivity index (χ1n) is 6.15. The van der Waals surface area contributed by atoms with Crippen LogP contribution in [0.15, 0.2) is 42.0 Å². The molecule has 1 unspecified atom stereocenters. The first-order chi connectivity index (χ1) is 8.79. The summed E-state index contributed by atoms with van der Waals surface area (Å²) in [6.07, 6.45) is 2.38. The molecule has 0 saturated heterocycles. The van der Waals surface area contributed by atoms with Crippen LogP contribution >= 0.6 is 11.6 Å². The number of ether oxygens (including phenoxy) is 1. The smallest absolute Gasteiger partial charge is 0.335 e. The van der Waals surface area contributed by atoms with Crippen LogP contribution in [0.25, 0.3) is 0 Å². The van der Waals surface area contributed by atoms with Gasteiger partial charge in [0.05, 0.1) is 0 Å². The molecule has 0 saturated carbocycles. The molecule has 0 aliphatic heterocycles. The molecule has 0 fully saturated rings. The van der Waals surface area contributed by atoms with Crippen LogP contribution in [0, 0.1) is 0 Å². The van der Waals surface area contributed by atoms with Gasteiger partial charge < -0.3 is 10.5 Å². The highest BCUT2D eigenvalue weighted by Gasteiger charge is 2.16. The average molecular weight is 282 g/mol. The van der Waals surface area contributed by atoms with Gasteiger partial charge in [-0.05, 0) is 27.2 Å². The second-order valence-corrected chi connectivity index (χ2v) is 5.61. The minimum Gasteiger partial charge on any atom is -0.438 e. The van der Waals surface area contributed by atoms with Crippen LogP contribution in [0.5, 0.6) is 0 Å². The highest BCUT2D eigenvalue weighted by Crippen LogP contribution is 2.22. The Labute approximate surface area is 119 Å². The van der Waals surface area contributed by atoms with Crippen molar-refractivity contribution in [3.63, 3.8) is 0 Å². The third-order valence-corrected chi connectivity index (χ3v) is 2.87. The highest BCUT2D eigenvalue weighted by molar-refractivity contribution is 6.20. The molecule has 3 nitrogen and oxygen atoms in total. The molecular formula is C15H20ClNO2. The fraction of sp³-hybridized carbons (Fsp3) is 0.400. The summed E-state index contributed by atoms with van der Waals surface area (Å²) in [5, 5.41) is 0. The lowest BCUT2D eigenvalue weighted by atomic mass is 10.0. The van der Waals surface area contributed by atoms with E-state index in [2.05, 4.69) is 0 Å². The van der Waals surface area contributed by atoms with Crippen LogP contribution in [0.4, 0.5) is 0 Å². The topological polar surface area (TPSA) is 52.3 Å². The Hall–Kier alpha value is -1.32. The lowest BCUT2D eigenvalue weighted by Gasteiger charge is -2.16. The predicted octanol–water partition coefficient (Wildman–Crippen LogP) is 3.54. The number of halogens is 1. The van der Waals surface area contributed by atoms with Crippen LogP contribution < -0.4 is 5.73 Å². The van der Waals surface area contributed by atoms with Crippen LogP contribution in [0.3, 0.4) is 0 Å². The summed E-state index contributed by atoms with van der Waals surface area (Å²) in [5.41, 5.74) is 6.00. The van der Waals surface area contributed by atoms with Crippen molar-refractivity contribution in [2.75, 3.05) is 0 Å². The van der Waals surface area contributed by atoms with Crippen molar-refractivity contribution in [2.24, 2.45) is 5.73 Å². The van der Waals surface area contributed by atoms with E-state index in [9.17, 15) is 4.79 Å². The van der Waals surface area contributed by atoms with Gasteiger partial charge >= 0.3 is 5.97 Å². The molecule has 1 rings (SSSR count). The van der Waals surface area contributed by atoms with E-state index in [1.165, 1.54) is 0 Å². The van der Waals surface area contributed by atoms with Gasteiger partial charge in [-0.2, -0.15) is 0 Å². The monoisotopic (exact) mass is 281 g/mol. The molecule has 1 atom stereocenters. The van der Waals surface area contributed by atoms with E-state index < -0.39 is 11.5 Å². The van der Waals surface area contributed by atoms with Crippen molar-refractivity contribution in [1.82, 2.24) is 0 Å². The van der Waals surface area contributed by atoms with Gasteiger partial charge in [0.15, 0.2) is 0 Å². The molecule has 0 bridgehead atoms. The molecular weight excluding hydrogens is 262 g/mol. The van der Waals surface area contributed by atoms with E-state index in [0.717, 1.165) is 5.56 Å². The molecule has 1 aromatic carbocycles. The fourth-order valence-electron chi connectivity index (χ4n) is 1.36. The van der Waals surface area contributed by atoms with E-state index in [1.54, 1.807) is 13.0 Å². The van der Waals surface area contributed by atoms with E-state index >= 15 is 0 Å². The molecule has 2 N–H and O–H groups in total. The molecule has 0 amide bonds. The first-order valence-corrected chi connectivity index (χ1v) is 6.59. The Bertz CT molecular complexity index is 449. The lowest BCUT2D eigenvalue weighted by molar-refractivity contribution is -0.141. The summed E-state index contributed by atoms with van der Waals surface area (Å²) >= 11 is 6.04. The maximum atomic E-state index is 11.8. The third-order valence-electron chi connectivity index (χ3n) is 2.53. The van der Waals surface area contributed by atoms with E-state index in [4.69, 9.17) is 22.1 Å². The summed E-state index contributed by atoms with van der Waals surface area (Å²) in [4.78, 5) is 11.8. The Morgan fingerprint density at radius 3 is 2.53 bits per heavy atom. The summed E-state index contributed by atoms with van der Waals surface area (Å²) in [6.45, 7) is 5.50. The fourth-order valence-corrected chi connectivity index (χ4v) is 1.59. The number of nitrogens with two attached hydrogens (primary N) is 1. The average Bonchev–Trinajstić information content (AvgIpc) is 2.36. The zero-order valence-corrected chi connectivity index (χ0v) is 12.3. The number of alkyl halides is 1. The van der Waals surface area contributed by atoms with Crippen molar-refractivity contribution < 1.29 is 9.53 Å². The molecule has 0 spiro atoms. The Morgan fingerprint density at radius 2 is 2.00 bits per heavy atom. The molecule has 0 aromatic heterocycles. The maximum absolute atomic E-state index is 11.8. The van der Waals surface area contributed by atoms with E-state index in [-0.39, 0.29) is 5.54 Å². The molecule has 0 aliphatic carbocycles. The van der Waals surface area contributed by atoms with Crippen molar-refractivity contribution in [3.8, 4) is 0 Å². The van der Waals surface area contributed by atoms with Crippen molar-refractivity contribution in [2.45, 2.75) is 38.3 Å². The number of carbonyl (C=O) groups excluding carboxylic acids is 1. The van der Waals surface area contributed by atoms with Crippen molar-refractivity contribution in [1.29, 1.82) is 0 Å². The molecule has 4 heteroatoms. The van der Waals surface area contributed by atoms with Gasteiger partial charge in [-0.1, -0.05) is 48.0 Å². The number of hydrogen-bond donors (Lipinski definition) is 1. The third kappa shape index (κ3) is 5.90. The van der Waals surface area contributed by atoms with Crippen molar-refractivity contribution >= 4 is 17.6 Å². The van der Waals surface area contributed by atoms with E-state index in [1.807, 2.05) is 44.2 Å². The molecule has 0 aliphatic rings. The Morgan fingerprint density at radius 1 is 1.42 bits per heavy atom. The van der Waals surface area contributed by atoms with Gasteiger partial charge in [-0.25, -0.2) is 4.79 Å². The normalized spacial score (nSPS) is 14.1. The molecule has 0 radical (unpaired) electrons. The number of rotatable bonds is 5. The SMILES string of the molecule is CC(=CCC(C)(C)N)C(=O)OC(Cl)c1ccccc1. The minimum atomic E-state index is -0.775. The first kappa shape index (κ1) is 15.7. The zero-order chi connectivity index (χ0) is 14.5. The minimum absolute atomic E-state index is 0.346. The zero-order valence-electron chi connectivity index (χ0n) is 11.5. The van der Waals surface area contributed by atoms with Gasteiger partial charge in [0.25, 0.3) is 0 Å². The summed E-state index contributed by atoms with van der Waals surface area (Å²) in [5.74, 6) is -0.423. The number of esters is 1. The number of hydrogen-bond acceptors (Lipinski definition) is 3. The van der Waals surface area contributed by atoms with Gasteiger partial charge in [0.1, 0.15) is 0 Å². The molecule has 0 heterocycles. The van der Waals surface area contributed by atoms with Gasteiger partial charge in [-0.3, -0.25) is 0 Å². The summed E-state index contributed by atoms with van der Waals surface area (Å²) in [6, 6.07) is 9.19. The van der Waals surface area contributed by atoms with Gasteiger partial charge in [0.2, 0.25) is 5.56 Å². The van der Waals surface area contributed by atoms with Gasteiger partial charge in [0, 0.05) is 16.7 Å². The van der Waals surface area contributed by atoms with Crippen LogP contribution in [-0.4, -0.2) is 11.5 Å². The highest BCUT2D eigenvalue weighted by atomic mass is 35.5. The quantitative estimate of drug-likeness (QED) is 0.510. The van der Waals surface area contributed by atoms with Crippen LogP contribution in [0.1, 0.15) is 38.3 Å². The Balaban J connectivity index is 2.60. The van der Waals surface area contributed by atoms with Crippen LogP contribution in [-0.2, 0) is 9.53 Å². The largest absolute Gasteiger partial charge is 0.438 e. The summed E-state index contributed by atoms with van der Waals surface area (Å²) < 4.78 is 5.18. The summed E-state index contributed by atoms with van der Waals surface area (Å²) in [7, 11) is 0. The molecule has 104 valence electrons. The predicted molar refractivity (Wildman–Crippen MR) is 77.8 cm³/mol. The Kier molecular flexibility index (Phi) is 5.58.